The zero-order valence-corrected chi connectivity index (χ0v) is 16.7. The smallest absolute Gasteiger partial charge is 0.339 e. The van der Waals surface area contributed by atoms with Crippen LogP contribution < -0.4 is 0 Å². The molecule has 3 rings (SSSR count). The molecule has 4 heteroatoms. The van der Waals surface area contributed by atoms with Crippen molar-refractivity contribution in [1.29, 1.82) is 0 Å². The third-order valence-corrected chi connectivity index (χ3v) is 5.61. The van der Waals surface area contributed by atoms with Crippen LogP contribution in [0.1, 0.15) is 78.9 Å². The van der Waals surface area contributed by atoms with E-state index in [0.29, 0.717) is 11.5 Å². The lowest BCUT2D eigenvalue weighted by atomic mass is 9.74. The van der Waals surface area contributed by atoms with Gasteiger partial charge < -0.3 is 10.2 Å². The first kappa shape index (κ1) is 20.6. The third kappa shape index (κ3) is 3.98. The molecule has 0 aliphatic heterocycles. The maximum Gasteiger partial charge on any atom is 0.339 e. The van der Waals surface area contributed by atoms with Crippen LogP contribution >= 0.6 is 0 Å². The minimum Gasteiger partial charge on any atom is -0.507 e. The van der Waals surface area contributed by atoms with Gasteiger partial charge in [-0.25, -0.2) is 4.79 Å². The van der Waals surface area contributed by atoms with Crippen molar-refractivity contribution in [3.63, 3.8) is 0 Å². The molecule has 0 amide bonds. The van der Waals surface area contributed by atoms with Crippen molar-refractivity contribution in [1.82, 2.24) is 0 Å². The van der Waals surface area contributed by atoms with Gasteiger partial charge in [-0.2, -0.15) is 0 Å². The molecular formula is C22H26AlO3. The van der Waals surface area contributed by atoms with Crippen LogP contribution in [0, 0.1) is 0 Å². The maximum atomic E-state index is 11.7. The van der Waals surface area contributed by atoms with Gasteiger partial charge in [0, 0.05) is 28.3 Å². The molecule has 2 N–H and O–H groups in total. The zero-order valence-electron chi connectivity index (χ0n) is 15.5. The molecular weight excluding hydrogens is 339 g/mol. The highest BCUT2D eigenvalue weighted by atomic mass is 27.0. The molecule has 0 aromatic heterocycles. The first-order valence-corrected chi connectivity index (χ1v) is 9.07. The average molecular weight is 365 g/mol. The molecule has 1 saturated carbocycles. The minimum atomic E-state index is -1.07. The summed E-state index contributed by atoms with van der Waals surface area (Å²) in [7, 11) is 0. The number of carboxylic acids is 1. The second-order valence-electron chi connectivity index (χ2n) is 7.60. The van der Waals surface area contributed by atoms with E-state index in [2.05, 4.69) is 0 Å². The first-order chi connectivity index (χ1) is 11.9. The van der Waals surface area contributed by atoms with Crippen molar-refractivity contribution in [2.45, 2.75) is 57.3 Å². The molecule has 0 spiro atoms. The van der Waals surface area contributed by atoms with E-state index in [9.17, 15) is 15.0 Å². The van der Waals surface area contributed by atoms with Crippen molar-refractivity contribution in [2.24, 2.45) is 0 Å². The number of hydrogen-bond donors (Lipinski definition) is 2. The third-order valence-electron chi connectivity index (χ3n) is 5.61. The molecule has 0 atom stereocenters. The van der Waals surface area contributed by atoms with Gasteiger partial charge in [-0.3, -0.25) is 0 Å². The average Bonchev–Trinajstić information content (AvgIpc) is 2.63. The molecule has 135 valence electrons. The van der Waals surface area contributed by atoms with E-state index >= 15 is 0 Å². The van der Waals surface area contributed by atoms with Crippen LogP contribution in [0.25, 0.3) is 0 Å². The molecule has 0 heterocycles. The Balaban J connectivity index is 0.00000243. The lowest BCUT2D eigenvalue weighted by molar-refractivity contribution is 0.0693. The summed E-state index contributed by atoms with van der Waals surface area (Å²) >= 11 is 0. The second-order valence-corrected chi connectivity index (χ2v) is 7.60. The quantitative estimate of drug-likeness (QED) is 0.743. The Hall–Kier alpha value is -1.76. The van der Waals surface area contributed by atoms with Crippen LogP contribution in [0.4, 0.5) is 0 Å². The normalized spacial score (nSPS) is 15.3. The van der Waals surface area contributed by atoms with Gasteiger partial charge >= 0.3 is 5.97 Å². The first-order valence-electron chi connectivity index (χ1n) is 9.07. The van der Waals surface area contributed by atoms with E-state index < -0.39 is 11.4 Å². The van der Waals surface area contributed by atoms with Crippen molar-refractivity contribution < 1.29 is 15.0 Å². The molecule has 3 radical (unpaired) electrons. The molecule has 1 fully saturated rings. The lowest BCUT2D eigenvalue weighted by Crippen LogP contribution is -2.21. The number of carboxylic acid groups (broad SMARTS) is 1. The van der Waals surface area contributed by atoms with Crippen LogP contribution in [0.2, 0.25) is 0 Å². The number of hydrogen-bond acceptors (Lipinski definition) is 2. The Bertz CT molecular complexity index is 762. The van der Waals surface area contributed by atoms with Crippen molar-refractivity contribution in [2.75, 3.05) is 0 Å². The van der Waals surface area contributed by atoms with Gasteiger partial charge in [-0.1, -0.05) is 69.5 Å². The SMILES string of the molecule is CC(C)(c1ccccc1)c1cc(C2CCCCC2)cc(C(=O)O)c1O.[Al]. The van der Waals surface area contributed by atoms with Crippen LogP contribution in [0.3, 0.4) is 0 Å². The highest BCUT2D eigenvalue weighted by molar-refractivity contribution is 5.92. The molecule has 0 unspecified atom stereocenters. The summed E-state index contributed by atoms with van der Waals surface area (Å²) in [5.41, 5.74) is 2.35. The minimum absolute atomic E-state index is 0. The highest BCUT2D eigenvalue weighted by Gasteiger charge is 2.30. The summed E-state index contributed by atoms with van der Waals surface area (Å²) in [6.45, 7) is 4.07. The molecule has 2 aromatic rings. The van der Waals surface area contributed by atoms with Crippen molar-refractivity contribution in [3.8, 4) is 5.75 Å². The molecule has 0 saturated heterocycles. The molecule has 2 aromatic carbocycles. The Morgan fingerprint density at radius 1 is 1.04 bits per heavy atom. The van der Waals surface area contributed by atoms with E-state index in [4.69, 9.17) is 0 Å². The Kier molecular flexibility index (Phi) is 6.55. The van der Waals surface area contributed by atoms with Gasteiger partial charge in [0.25, 0.3) is 0 Å². The summed E-state index contributed by atoms with van der Waals surface area (Å²) in [4.78, 5) is 11.7. The predicted molar refractivity (Wildman–Crippen MR) is 105 cm³/mol. The standard InChI is InChI=1S/C22H26O3.Al/c1-22(2,17-11-7-4-8-12-17)19-14-16(15-9-5-3-6-10-15)13-18(20(19)23)21(24)25;/h4,7-8,11-15,23H,3,5-6,9-10H2,1-2H3,(H,24,25);. The van der Waals surface area contributed by atoms with Crippen molar-refractivity contribution in [3.05, 3.63) is 64.7 Å². The van der Waals surface area contributed by atoms with E-state index in [1.165, 1.54) is 19.3 Å². The van der Waals surface area contributed by atoms with Gasteiger partial charge in [0.15, 0.2) is 0 Å². The fourth-order valence-corrected chi connectivity index (χ4v) is 3.98. The number of rotatable bonds is 4. The summed E-state index contributed by atoms with van der Waals surface area (Å²) in [5.74, 6) is -0.793. The number of phenols is 1. The van der Waals surface area contributed by atoms with E-state index in [1.54, 1.807) is 6.07 Å². The van der Waals surface area contributed by atoms with E-state index in [0.717, 1.165) is 24.0 Å². The molecule has 1 aliphatic rings. The van der Waals surface area contributed by atoms with E-state index in [-0.39, 0.29) is 28.7 Å². The predicted octanol–water partition coefficient (Wildman–Crippen LogP) is 5.08. The fourth-order valence-electron chi connectivity index (χ4n) is 3.98. The lowest BCUT2D eigenvalue weighted by Gasteiger charge is -2.30. The summed E-state index contributed by atoms with van der Waals surface area (Å²) in [5, 5.41) is 20.3. The number of aromatic carboxylic acids is 1. The molecule has 1 aliphatic carbocycles. The summed E-state index contributed by atoms with van der Waals surface area (Å²) < 4.78 is 0. The van der Waals surface area contributed by atoms with Gasteiger partial charge in [0.05, 0.1) is 0 Å². The Morgan fingerprint density at radius 3 is 2.23 bits per heavy atom. The number of benzene rings is 2. The van der Waals surface area contributed by atoms with Gasteiger partial charge in [0.2, 0.25) is 0 Å². The highest BCUT2D eigenvalue weighted by Crippen LogP contribution is 2.42. The van der Waals surface area contributed by atoms with Gasteiger partial charge in [-0.15, -0.1) is 0 Å². The monoisotopic (exact) mass is 365 g/mol. The second kappa shape index (κ2) is 8.29. The summed E-state index contributed by atoms with van der Waals surface area (Å²) in [6.07, 6.45) is 5.81. The summed E-state index contributed by atoms with van der Waals surface area (Å²) in [6, 6.07) is 13.7. The largest absolute Gasteiger partial charge is 0.507 e. The number of aromatic hydroxyl groups is 1. The van der Waals surface area contributed by atoms with Crippen LogP contribution in [0.15, 0.2) is 42.5 Å². The topological polar surface area (TPSA) is 57.5 Å². The Morgan fingerprint density at radius 2 is 1.65 bits per heavy atom. The fraction of sp³-hybridized carbons (Fsp3) is 0.409. The number of carbonyl (C=O) groups is 1. The van der Waals surface area contributed by atoms with Gasteiger partial charge in [-0.05, 0) is 36.0 Å². The van der Waals surface area contributed by atoms with Crippen LogP contribution in [0.5, 0.6) is 5.75 Å². The molecule has 0 bridgehead atoms. The zero-order chi connectivity index (χ0) is 18.0. The van der Waals surface area contributed by atoms with Crippen molar-refractivity contribution >= 4 is 23.3 Å². The van der Waals surface area contributed by atoms with Gasteiger partial charge in [0.1, 0.15) is 11.3 Å². The molecule has 26 heavy (non-hydrogen) atoms. The molecule has 3 nitrogen and oxygen atoms in total. The van der Waals surface area contributed by atoms with Crippen LogP contribution in [-0.2, 0) is 5.41 Å². The maximum absolute atomic E-state index is 11.7. The van der Waals surface area contributed by atoms with E-state index in [1.807, 2.05) is 50.2 Å². The Labute approximate surface area is 166 Å². The van der Waals surface area contributed by atoms with Crippen LogP contribution in [-0.4, -0.2) is 33.5 Å².